The molecule has 3 nitrogen and oxygen atoms in total. The van der Waals surface area contributed by atoms with Gasteiger partial charge >= 0.3 is 5.97 Å². The van der Waals surface area contributed by atoms with Crippen molar-refractivity contribution in [2.75, 3.05) is 0 Å². The molecule has 0 aromatic carbocycles. The number of rotatable bonds is 6. The predicted molar refractivity (Wildman–Crippen MR) is 51.6 cm³/mol. The van der Waals surface area contributed by atoms with Gasteiger partial charge in [-0.05, 0) is 19.8 Å². The molecule has 0 amide bonds. The zero-order valence-electron chi connectivity index (χ0n) is 8.71. The fourth-order valence-electron chi connectivity index (χ4n) is 1.41. The summed E-state index contributed by atoms with van der Waals surface area (Å²) >= 11 is 0. The number of hydrogen-bond acceptors (Lipinski definition) is 2. The summed E-state index contributed by atoms with van der Waals surface area (Å²) in [7, 11) is 0. The van der Waals surface area contributed by atoms with Crippen molar-refractivity contribution in [3.8, 4) is 0 Å². The molecule has 13 heavy (non-hydrogen) atoms. The molecule has 78 valence electrons. The van der Waals surface area contributed by atoms with Crippen LogP contribution in [0.3, 0.4) is 0 Å². The number of carboxylic acid groups (broad SMARTS) is 1. The van der Waals surface area contributed by atoms with Gasteiger partial charge in [0.2, 0.25) is 0 Å². The maximum atomic E-state index is 10.7. The first-order valence-electron chi connectivity index (χ1n) is 4.93. The summed E-state index contributed by atoms with van der Waals surface area (Å²) in [5.74, 6) is -1.59. The van der Waals surface area contributed by atoms with Crippen molar-refractivity contribution >= 4 is 5.97 Å². The molecule has 0 radical (unpaired) electrons. The summed E-state index contributed by atoms with van der Waals surface area (Å²) in [5, 5.41) is 18.8. The highest BCUT2D eigenvalue weighted by Gasteiger charge is 2.35. The van der Waals surface area contributed by atoms with E-state index in [2.05, 4.69) is 0 Å². The summed E-state index contributed by atoms with van der Waals surface area (Å²) < 4.78 is 0. The minimum absolute atomic E-state index is 0.500. The van der Waals surface area contributed by atoms with Crippen molar-refractivity contribution < 1.29 is 15.0 Å². The monoisotopic (exact) mass is 188 g/mol. The van der Waals surface area contributed by atoms with Crippen LogP contribution in [-0.2, 0) is 4.79 Å². The molecule has 0 aliphatic heterocycles. The Bertz CT molecular complexity index is 168. The highest BCUT2D eigenvalue weighted by molar-refractivity contribution is 5.71. The Morgan fingerprint density at radius 1 is 1.46 bits per heavy atom. The van der Waals surface area contributed by atoms with Crippen LogP contribution in [0.1, 0.15) is 46.5 Å². The van der Waals surface area contributed by atoms with E-state index in [0.717, 1.165) is 12.8 Å². The van der Waals surface area contributed by atoms with Crippen molar-refractivity contribution in [1.29, 1.82) is 0 Å². The summed E-state index contributed by atoms with van der Waals surface area (Å²) in [6.07, 6.45) is 2.94. The van der Waals surface area contributed by atoms with E-state index in [1.807, 2.05) is 13.8 Å². The lowest BCUT2D eigenvalue weighted by atomic mass is 9.82. The molecule has 2 N–H and O–H groups in total. The number of aliphatic hydroxyl groups is 1. The van der Waals surface area contributed by atoms with Crippen molar-refractivity contribution in [2.45, 2.75) is 52.1 Å². The van der Waals surface area contributed by atoms with Gasteiger partial charge in [0, 0.05) is 0 Å². The van der Waals surface area contributed by atoms with Gasteiger partial charge in [0.25, 0.3) is 0 Å². The fraction of sp³-hybridized carbons (Fsp3) is 0.900. The fourth-order valence-corrected chi connectivity index (χ4v) is 1.41. The lowest BCUT2D eigenvalue weighted by Gasteiger charge is -2.30. The molecule has 0 aromatic heterocycles. The van der Waals surface area contributed by atoms with E-state index < -0.39 is 17.5 Å². The van der Waals surface area contributed by atoms with Gasteiger partial charge in [-0.3, -0.25) is 4.79 Å². The van der Waals surface area contributed by atoms with E-state index in [-0.39, 0.29) is 0 Å². The largest absolute Gasteiger partial charge is 0.481 e. The molecule has 3 heteroatoms. The molecule has 0 aliphatic rings. The first-order chi connectivity index (χ1) is 5.98. The minimum Gasteiger partial charge on any atom is -0.481 e. The molecule has 0 spiro atoms. The maximum Gasteiger partial charge on any atom is 0.309 e. The number of hydrogen-bond donors (Lipinski definition) is 2. The second kappa shape index (κ2) is 5.22. The van der Waals surface area contributed by atoms with Gasteiger partial charge in [-0.15, -0.1) is 0 Å². The summed E-state index contributed by atoms with van der Waals surface area (Å²) in [6.45, 7) is 5.43. The zero-order valence-corrected chi connectivity index (χ0v) is 8.71. The highest BCUT2D eigenvalue weighted by Crippen LogP contribution is 2.27. The Kier molecular flexibility index (Phi) is 4.99. The van der Waals surface area contributed by atoms with Gasteiger partial charge in [0.15, 0.2) is 0 Å². The molecule has 0 aliphatic carbocycles. The van der Waals surface area contributed by atoms with Crippen molar-refractivity contribution in [2.24, 2.45) is 5.92 Å². The Morgan fingerprint density at radius 3 is 2.31 bits per heavy atom. The second-order valence-corrected chi connectivity index (χ2v) is 3.62. The van der Waals surface area contributed by atoms with Crippen LogP contribution in [0.15, 0.2) is 0 Å². The molecule has 0 rings (SSSR count). The topological polar surface area (TPSA) is 57.5 Å². The molecule has 0 fully saturated rings. The third-order valence-corrected chi connectivity index (χ3v) is 2.75. The predicted octanol–water partition coefficient (Wildman–Crippen LogP) is 2.04. The van der Waals surface area contributed by atoms with Crippen molar-refractivity contribution in [3.05, 3.63) is 0 Å². The Hall–Kier alpha value is -0.570. The van der Waals surface area contributed by atoms with Crippen molar-refractivity contribution in [3.63, 3.8) is 0 Å². The Balaban J connectivity index is 4.33. The molecule has 0 heterocycles. The van der Waals surface area contributed by atoms with Crippen LogP contribution in [0.25, 0.3) is 0 Å². The van der Waals surface area contributed by atoms with E-state index in [1.54, 1.807) is 6.92 Å². The lowest BCUT2D eigenvalue weighted by Crippen LogP contribution is -2.40. The van der Waals surface area contributed by atoms with Crippen LogP contribution < -0.4 is 0 Å². The third-order valence-electron chi connectivity index (χ3n) is 2.75. The average molecular weight is 188 g/mol. The molecule has 2 unspecified atom stereocenters. The quantitative estimate of drug-likeness (QED) is 0.670. The first kappa shape index (κ1) is 12.4. The average Bonchev–Trinajstić information content (AvgIpc) is 2.12. The van der Waals surface area contributed by atoms with Gasteiger partial charge in [0.05, 0.1) is 11.5 Å². The van der Waals surface area contributed by atoms with Crippen molar-refractivity contribution in [1.82, 2.24) is 0 Å². The zero-order chi connectivity index (χ0) is 10.5. The van der Waals surface area contributed by atoms with Gasteiger partial charge < -0.3 is 10.2 Å². The smallest absolute Gasteiger partial charge is 0.309 e. The van der Waals surface area contributed by atoms with Gasteiger partial charge in [-0.2, -0.15) is 0 Å². The first-order valence-corrected chi connectivity index (χ1v) is 4.93. The Labute approximate surface area is 79.8 Å². The number of unbranched alkanes of at least 4 members (excludes halogenated alkanes) is 1. The number of aliphatic carboxylic acids is 1. The van der Waals surface area contributed by atoms with E-state index in [4.69, 9.17) is 5.11 Å². The van der Waals surface area contributed by atoms with Crippen LogP contribution in [0.2, 0.25) is 0 Å². The summed E-state index contributed by atoms with van der Waals surface area (Å²) in [5.41, 5.74) is -1.03. The maximum absolute atomic E-state index is 10.7. The van der Waals surface area contributed by atoms with E-state index >= 15 is 0 Å². The van der Waals surface area contributed by atoms with Gasteiger partial charge in [-0.1, -0.05) is 26.7 Å². The molecule has 0 aromatic rings. The van der Waals surface area contributed by atoms with Gasteiger partial charge in [-0.25, -0.2) is 0 Å². The number of carboxylic acids is 1. The SMILES string of the molecule is CCCCC(O)(CC)C(C)C(=O)O. The Morgan fingerprint density at radius 2 is 2.00 bits per heavy atom. The third kappa shape index (κ3) is 3.35. The van der Waals surface area contributed by atoms with Crippen LogP contribution in [0, 0.1) is 5.92 Å². The molecule has 0 saturated heterocycles. The minimum atomic E-state index is -1.03. The van der Waals surface area contributed by atoms with E-state index in [1.165, 1.54) is 0 Å². The lowest BCUT2D eigenvalue weighted by molar-refractivity contribution is -0.151. The summed E-state index contributed by atoms with van der Waals surface area (Å²) in [4.78, 5) is 10.7. The van der Waals surface area contributed by atoms with Gasteiger partial charge in [0.1, 0.15) is 0 Å². The summed E-state index contributed by atoms with van der Waals surface area (Å²) in [6, 6.07) is 0. The highest BCUT2D eigenvalue weighted by atomic mass is 16.4. The van der Waals surface area contributed by atoms with Crippen LogP contribution in [0.5, 0.6) is 0 Å². The standard InChI is InChI=1S/C10H20O3/c1-4-6-7-10(13,5-2)8(3)9(11)12/h8,13H,4-7H2,1-3H3,(H,11,12). The number of carbonyl (C=O) groups is 1. The van der Waals surface area contributed by atoms with Crippen LogP contribution in [0.4, 0.5) is 0 Å². The van der Waals surface area contributed by atoms with Crippen LogP contribution in [-0.4, -0.2) is 21.8 Å². The van der Waals surface area contributed by atoms with E-state index in [9.17, 15) is 9.90 Å². The molecule has 0 saturated carbocycles. The normalized spacial score (nSPS) is 17.8. The second-order valence-electron chi connectivity index (χ2n) is 3.62. The molecular formula is C10H20O3. The molecule has 0 bridgehead atoms. The molecule has 2 atom stereocenters. The van der Waals surface area contributed by atoms with Crippen LogP contribution >= 0.6 is 0 Å². The van der Waals surface area contributed by atoms with E-state index in [0.29, 0.717) is 12.8 Å². The molecular weight excluding hydrogens is 168 g/mol.